The summed E-state index contributed by atoms with van der Waals surface area (Å²) in [5, 5.41) is 0. The second-order valence-electron chi connectivity index (χ2n) is 2.41. The first-order valence-corrected chi connectivity index (χ1v) is 3.45. The minimum Gasteiger partial charge on any atom is -1.00 e. The Morgan fingerprint density at radius 1 is 1.23 bits per heavy atom. The maximum atomic E-state index is 12.1. The van der Waals surface area contributed by atoms with Gasteiger partial charge in [0.15, 0.2) is 11.5 Å². The van der Waals surface area contributed by atoms with Crippen molar-refractivity contribution in [3.05, 3.63) is 18.2 Å². The SMILES string of the molecule is FB(F)c1ccc2c(c1)OCO2.[H-].[K+]. The molecule has 1 heterocycles. The first-order chi connectivity index (χ1) is 5.77. The van der Waals surface area contributed by atoms with E-state index in [0.717, 1.165) is 0 Å². The van der Waals surface area contributed by atoms with E-state index in [4.69, 9.17) is 9.47 Å². The van der Waals surface area contributed by atoms with Crippen molar-refractivity contribution in [3.8, 4) is 11.5 Å². The van der Waals surface area contributed by atoms with Crippen molar-refractivity contribution < 1.29 is 70.9 Å². The summed E-state index contributed by atoms with van der Waals surface area (Å²) in [6.07, 6.45) is 0. The minimum atomic E-state index is -2.46. The molecule has 0 saturated carbocycles. The van der Waals surface area contributed by atoms with E-state index in [0.29, 0.717) is 11.5 Å². The third-order valence-corrected chi connectivity index (χ3v) is 1.65. The largest absolute Gasteiger partial charge is 1.00 e. The zero-order chi connectivity index (χ0) is 8.55. The van der Waals surface area contributed by atoms with E-state index in [2.05, 4.69) is 0 Å². The number of ether oxygens (including phenoxy) is 2. The fraction of sp³-hybridized carbons (Fsp3) is 0.143. The zero-order valence-electron chi connectivity index (χ0n) is 8.09. The van der Waals surface area contributed by atoms with Crippen LogP contribution in [0.5, 0.6) is 11.5 Å². The number of hydrogen-bond donors (Lipinski definition) is 0. The van der Waals surface area contributed by atoms with Gasteiger partial charge in [-0.3, -0.25) is 8.63 Å². The summed E-state index contributed by atoms with van der Waals surface area (Å²) in [5.41, 5.74) is -0.0424. The summed E-state index contributed by atoms with van der Waals surface area (Å²) in [5.74, 6) is 0.923. The molecular weight excluding hydrogens is 204 g/mol. The average Bonchev–Trinajstić information content (AvgIpc) is 2.49. The standard InChI is InChI=1S/C7H5BF2O2.K.H/c9-8(10)5-1-2-6-7(3-5)12-4-11-6;;/h1-3H,4H2;;/q;+1;-1. The number of rotatable bonds is 1. The summed E-state index contributed by atoms with van der Waals surface area (Å²) < 4.78 is 34.2. The van der Waals surface area contributed by atoms with Crippen LogP contribution in [0.2, 0.25) is 0 Å². The Kier molecular flexibility index (Phi) is 4.18. The maximum Gasteiger partial charge on any atom is 1.00 e. The molecule has 0 spiro atoms. The van der Waals surface area contributed by atoms with Gasteiger partial charge in [0.05, 0.1) is 0 Å². The van der Waals surface area contributed by atoms with Crippen molar-refractivity contribution in [1.82, 2.24) is 0 Å². The molecule has 0 N–H and O–H groups in total. The second kappa shape index (κ2) is 4.75. The van der Waals surface area contributed by atoms with Crippen molar-refractivity contribution in [1.29, 1.82) is 0 Å². The third-order valence-electron chi connectivity index (χ3n) is 1.65. The maximum absolute atomic E-state index is 12.1. The van der Waals surface area contributed by atoms with Gasteiger partial charge in [-0.2, -0.15) is 0 Å². The molecule has 1 aliphatic rings. The molecule has 0 unspecified atom stereocenters. The van der Waals surface area contributed by atoms with Gasteiger partial charge in [0, 0.05) is 0 Å². The van der Waals surface area contributed by atoms with Crippen molar-refractivity contribution in [2.75, 3.05) is 6.79 Å². The van der Waals surface area contributed by atoms with Crippen LogP contribution in [0.1, 0.15) is 1.43 Å². The van der Waals surface area contributed by atoms with Crippen LogP contribution in [-0.4, -0.2) is 14.1 Å². The van der Waals surface area contributed by atoms with Gasteiger partial charge < -0.3 is 10.9 Å². The topological polar surface area (TPSA) is 18.5 Å². The summed E-state index contributed by atoms with van der Waals surface area (Å²) >= 11 is 0. The molecule has 0 aromatic heterocycles. The van der Waals surface area contributed by atoms with Crippen LogP contribution < -0.4 is 66.3 Å². The molecule has 1 aromatic carbocycles. The molecule has 0 bridgehead atoms. The summed E-state index contributed by atoms with van der Waals surface area (Å²) in [7, 11) is -2.46. The molecule has 1 aromatic rings. The zero-order valence-corrected chi connectivity index (χ0v) is 10.2. The molecule has 0 fully saturated rings. The average molecular weight is 210 g/mol. The van der Waals surface area contributed by atoms with E-state index < -0.39 is 7.27 Å². The Morgan fingerprint density at radius 3 is 2.62 bits per heavy atom. The van der Waals surface area contributed by atoms with Crippen LogP contribution in [0.15, 0.2) is 18.2 Å². The Balaban J connectivity index is 0.000000845. The molecule has 2 nitrogen and oxygen atoms in total. The third kappa shape index (κ3) is 2.44. The van der Waals surface area contributed by atoms with Crippen LogP contribution >= 0.6 is 0 Å². The summed E-state index contributed by atoms with van der Waals surface area (Å²) in [6, 6.07) is 4.12. The van der Waals surface area contributed by atoms with E-state index in [9.17, 15) is 8.63 Å². The van der Waals surface area contributed by atoms with Crippen molar-refractivity contribution in [2.24, 2.45) is 0 Å². The number of benzene rings is 1. The quantitative estimate of drug-likeness (QED) is 0.507. The van der Waals surface area contributed by atoms with Gasteiger partial charge in [0.1, 0.15) is 0 Å². The Hall–Kier alpha value is 0.381. The van der Waals surface area contributed by atoms with Crippen LogP contribution in [0.4, 0.5) is 8.63 Å². The van der Waals surface area contributed by atoms with Crippen molar-refractivity contribution in [3.63, 3.8) is 0 Å². The molecule has 13 heavy (non-hydrogen) atoms. The smallest absolute Gasteiger partial charge is 1.00 e. The van der Waals surface area contributed by atoms with Gasteiger partial charge in [-0.15, -0.1) is 0 Å². The van der Waals surface area contributed by atoms with E-state index >= 15 is 0 Å². The number of halogens is 2. The number of hydrogen-bond acceptors (Lipinski definition) is 2. The Labute approximate surface area is 119 Å². The van der Waals surface area contributed by atoms with Gasteiger partial charge in [-0.1, -0.05) is 6.07 Å². The van der Waals surface area contributed by atoms with Gasteiger partial charge in [0.2, 0.25) is 6.79 Å². The second-order valence-corrected chi connectivity index (χ2v) is 2.41. The van der Waals surface area contributed by atoms with Gasteiger partial charge in [0.25, 0.3) is 0 Å². The van der Waals surface area contributed by atoms with E-state index in [1.54, 1.807) is 0 Å². The van der Waals surface area contributed by atoms with Crippen LogP contribution in [0, 0.1) is 0 Å². The normalized spacial score (nSPS) is 12.2. The van der Waals surface area contributed by atoms with Gasteiger partial charge in [-0.05, 0) is 17.6 Å². The molecule has 6 heteroatoms. The van der Waals surface area contributed by atoms with Crippen LogP contribution in [-0.2, 0) is 0 Å². The van der Waals surface area contributed by atoms with Gasteiger partial charge in [-0.25, -0.2) is 0 Å². The predicted octanol–water partition coefficient (Wildman–Crippen LogP) is -1.83. The monoisotopic (exact) mass is 210 g/mol. The molecule has 2 rings (SSSR count). The van der Waals surface area contributed by atoms with Crippen LogP contribution in [0.25, 0.3) is 0 Å². The van der Waals surface area contributed by atoms with E-state index in [1.807, 2.05) is 0 Å². The number of fused-ring (bicyclic) bond motifs is 1. The Morgan fingerprint density at radius 2 is 1.92 bits per heavy atom. The molecule has 64 valence electrons. The molecule has 0 amide bonds. The minimum absolute atomic E-state index is 0. The predicted molar refractivity (Wildman–Crippen MR) is 41.3 cm³/mol. The molecule has 0 atom stereocenters. The first-order valence-electron chi connectivity index (χ1n) is 3.45. The fourth-order valence-corrected chi connectivity index (χ4v) is 1.05. The Bertz CT molecular complexity index is 314. The molecular formula is C7H6BF2KO2. The fourth-order valence-electron chi connectivity index (χ4n) is 1.05. The van der Waals surface area contributed by atoms with Crippen molar-refractivity contribution in [2.45, 2.75) is 0 Å². The molecule has 1 aliphatic heterocycles. The first kappa shape index (κ1) is 11.5. The summed E-state index contributed by atoms with van der Waals surface area (Å²) in [4.78, 5) is 0. The van der Waals surface area contributed by atoms with E-state index in [-0.39, 0.29) is 65.1 Å². The summed E-state index contributed by atoms with van der Waals surface area (Å²) in [6.45, 7) is 0.113. The van der Waals surface area contributed by atoms with Gasteiger partial charge >= 0.3 is 58.7 Å². The molecule has 0 saturated heterocycles. The molecule has 0 aliphatic carbocycles. The van der Waals surface area contributed by atoms with Crippen LogP contribution in [0.3, 0.4) is 0 Å². The van der Waals surface area contributed by atoms with E-state index in [1.165, 1.54) is 18.2 Å². The molecule has 0 radical (unpaired) electrons. The van der Waals surface area contributed by atoms with Crippen molar-refractivity contribution >= 4 is 12.7 Å².